The van der Waals surface area contributed by atoms with Gasteiger partial charge in [0.15, 0.2) is 11.5 Å². The summed E-state index contributed by atoms with van der Waals surface area (Å²) >= 11 is 6.33. The van der Waals surface area contributed by atoms with Crippen LogP contribution in [0.1, 0.15) is 19.4 Å². The minimum Gasteiger partial charge on any atom is -0.481 e. The van der Waals surface area contributed by atoms with Crippen LogP contribution in [0.5, 0.6) is 5.88 Å². The second-order valence-corrected chi connectivity index (χ2v) is 9.02. The monoisotopic (exact) mass is 506 g/mol. The van der Waals surface area contributed by atoms with Crippen LogP contribution in [-0.4, -0.2) is 45.6 Å². The number of carbonyl (C=O) groups excluding carboxylic acids is 1. The van der Waals surface area contributed by atoms with Gasteiger partial charge in [-0.25, -0.2) is 15.0 Å². The number of fused-ring (bicyclic) bond motifs is 1. The molecule has 186 valence electrons. The molecule has 3 heterocycles. The molecule has 10 heteroatoms. The van der Waals surface area contributed by atoms with Crippen molar-refractivity contribution in [2.75, 3.05) is 14.2 Å². The number of nitrogens with zero attached hydrogens (tertiary/aromatic N) is 4. The molecule has 2 N–H and O–H groups in total. The fraction of sp³-hybridized carbons (Fsp3) is 0.269. The number of pyridine rings is 2. The lowest BCUT2D eigenvalue weighted by molar-refractivity contribution is -0.122. The first kappa shape index (κ1) is 25.3. The molecule has 0 saturated heterocycles. The summed E-state index contributed by atoms with van der Waals surface area (Å²) < 4.78 is 6.55. The van der Waals surface area contributed by atoms with Gasteiger partial charge in [-0.05, 0) is 62.4 Å². The molecular formula is C26H27ClN6O3. The van der Waals surface area contributed by atoms with Crippen LogP contribution in [0.3, 0.4) is 0 Å². The number of carbonyl (C=O) groups is 1. The first-order valence-electron chi connectivity index (χ1n) is 11.4. The van der Waals surface area contributed by atoms with E-state index in [1.807, 2.05) is 39.1 Å². The highest BCUT2D eigenvalue weighted by atomic mass is 35.5. The van der Waals surface area contributed by atoms with Crippen molar-refractivity contribution < 1.29 is 9.53 Å². The van der Waals surface area contributed by atoms with E-state index >= 15 is 0 Å². The highest BCUT2D eigenvalue weighted by Gasteiger charge is 2.19. The van der Waals surface area contributed by atoms with Crippen LogP contribution < -0.4 is 20.9 Å². The van der Waals surface area contributed by atoms with Crippen molar-refractivity contribution in [3.05, 3.63) is 69.6 Å². The molecule has 0 spiro atoms. The Bertz CT molecular complexity index is 1480. The predicted molar refractivity (Wildman–Crippen MR) is 140 cm³/mol. The van der Waals surface area contributed by atoms with Gasteiger partial charge in [0.1, 0.15) is 12.2 Å². The van der Waals surface area contributed by atoms with Crippen molar-refractivity contribution in [2.24, 2.45) is 0 Å². The third kappa shape index (κ3) is 5.53. The van der Waals surface area contributed by atoms with E-state index < -0.39 is 5.56 Å². The van der Waals surface area contributed by atoms with Gasteiger partial charge in [-0.3, -0.25) is 14.2 Å². The number of ether oxygens (including phenoxy) is 1. The predicted octanol–water partition coefficient (Wildman–Crippen LogP) is 3.43. The quantitative estimate of drug-likeness (QED) is 0.376. The van der Waals surface area contributed by atoms with Gasteiger partial charge in [0, 0.05) is 35.4 Å². The van der Waals surface area contributed by atoms with Gasteiger partial charge in [0.05, 0.1) is 12.5 Å². The Morgan fingerprint density at radius 2 is 1.94 bits per heavy atom. The molecule has 0 atom stereocenters. The minimum absolute atomic E-state index is 0.0806. The normalized spacial score (nSPS) is 11.2. The highest BCUT2D eigenvalue weighted by Crippen LogP contribution is 2.27. The smallest absolute Gasteiger partial charge is 0.263 e. The Labute approximate surface area is 213 Å². The topological polar surface area (TPSA) is 111 Å². The van der Waals surface area contributed by atoms with Gasteiger partial charge in [-0.2, -0.15) is 0 Å². The van der Waals surface area contributed by atoms with Crippen molar-refractivity contribution in [1.82, 2.24) is 30.2 Å². The molecule has 0 saturated carbocycles. The number of nitrogens with one attached hydrogen (secondary N) is 2. The molecule has 0 bridgehead atoms. The summed E-state index contributed by atoms with van der Waals surface area (Å²) in [6.07, 6.45) is 1.65. The maximum atomic E-state index is 13.7. The fourth-order valence-electron chi connectivity index (χ4n) is 3.89. The number of amides is 1. The van der Waals surface area contributed by atoms with Gasteiger partial charge in [-0.15, -0.1) is 0 Å². The Balaban J connectivity index is 1.90. The van der Waals surface area contributed by atoms with E-state index in [4.69, 9.17) is 16.3 Å². The van der Waals surface area contributed by atoms with Crippen LogP contribution in [0.25, 0.3) is 33.7 Å². The zero-order chi connectivity index (χ0) is 25.8. The Morgan fingerprint density at radius 3 is 2.67 bits per heavy atom. The van der Waals surface area contributed by atoms with E-state index in [1.165, 1.54) is 11.7 Å². The standard InChI is InChI=1S/C26H27ClN6O3/c1-15(2)30-22(34)14-33-25(21-6-5-7-23(31-21)36-4)32-24-20(26(33)35)11-18(13-29-24)17-8-16(12-28-3)9-19(27)10-17/h5-11,13,15,28H,12,14H2,1-4H3,(H,30,34). The maximum absolute atomic E-state index is 13.7. The fourth-order valence-corrected chi connectivity index (χ4v) is 4.15. The SMILES string of the molecule is CNCc1cc(Cl)cc(-c2cnc3nc(-c4cccc(OC)n4)n(CC(=O)NC(C)C)c(=O)c3c2)c1. The average molecular weight is 507 g/mol. The maximum Gasteiger partial charge on any atom is 0.263 e. The third-order valence-corrected chi connectivity index (χ3v) is 5.61. The van der Waals surface area contributed by atoms with Crippen LogP contribution in [0, 0.1) is 0 Å². The van der Waals surface area contributed by atoms with E-state index in [0.717, 1.165) is 11.1 Å². The van der Waals surface area contributed by atoms with Crippen LogP contribution in [0.2, 0.25) is 5.02 Å². The van der Waals surface area contributed by atoms with E-state index in [-0.39, 0.29) is 35.4 Å². The van der Waals surface area contributed by atoms with Gasteiger partial charge < -0.3 is 15.4 Å². The molecule has 0 aliphatic carbocycles. The molecule has 0 fully saturated rings. The Morgan fingerprint density at radius 1 is 1.14 bits per heavy atom. The Kier molecular flexibility index (Phi) is 7.61. The number of hydrogen-bond acceptors (Lipinski definition) is 7. The van der Waals surface area contributed by atoms with Gasteiger partial charge >= 0.3 is 0 Å². The average Bonchev–Trinajstić information content (AvgIpc) is 2.85. The molecule has 1 amide bonds. The summed E-state index contributed by atoms with van der Waals surface area (Å²) in [5.74, 6) is 0.277. The summed E-state index contributed by atoms with van der Waals surface area (Å²) in [6.45, 7) is 4.13. The highest BCUT2D eigenvalue weighted by molar-refractivity contribution is 6.31. The number of hydrogen-bond donors (Lipinski definition) is 2. The van der Waals surface area contributed by atoms with Gasteiger partial charge in [0.2, 0.25) is 11.8 Å². The van der Waals surface area contributed by atoms with Gasteiger partial charge in [0.25, 0.3) is 5.56 Å². The summed E-state index contributed by atoms with van der Waals surface area (Å²) in [4.78, 5) is 39.9. The van der Waals surface area contributed by atoms with Crippen molar-refractivity contribution in [2.45, 2.75) is 33.0 Å². The Hall–Kier alpha value is -3.82. The second-order valence-electron chi connectivity index (χ2n) is 8.59. The number of aromatic nitrogens is 4. The van der Waals surface area contributed by atoms with Crippen molar-refractivity contribution in [3.8, 4) is 28.5 Å². The van der Waals surface area contributed by atoms with Crippen molar-refractivity contribution >= 4 is 28.5 Å². The number of rotatable bonds is 8. The zero-order valence-corrected chi connectivity index (χ0v) is 21.3. The number of methoxy groups -OCH3 is 1. The van der Waals surface area contributed by atoms with Gasteiger partial charge in [-0.1, -0.05) is 17.7 Å². The molecule has 4 rings (SSSR count). The number of halogens is 1. The molecule has 0 unspecified atom stereocenters. The lowest BCUT2D eigenvalue weighted by atomic mass is 10.0. The van der Waals surface area contributed by atoms with Crippen LogP contribution >= 0.6 is 11.6 Å². The molecule has 3 aromatic heterocycles. The number of benzene rings is 1. The van der Waals surface area contributed by atoms with E-state index in [0.29, 0.717) is 28.7 Å². The lowest BCUT2D eigenvalue weighted by Gasteiger charge is -2.15. The van der Waals surface area contributed by atoms with Crippen LogP contribution in [-0.2, 0) is 17.9 Å². The summed E-state index contributed by atoms with van der Waals surface area (Å²) in [6, 6.07) is 12.5. The molecule has 0 aliphatic rings. The van der Waals surface area contributed by atoms with Crippen molar-refractivity contribution in [3.63, 3.8) is 0 Å². The molecular weight excluding hydrogens is 480 g/mol. The largest absolute Gasteiger partial charge is 0.481 e. The first-order chi connectivity index (χ1) is 17.3. The molecule has 9 nitrogen and oxygen atoms in total. The van der Waals surface area contributed by atoms with E-state index in [9.17, 15) is 9.59 Å². The summed E-state index contributed by atoms with van der Waals surface area (Å²) in [5, 5.41) is 6.79. The van der Waals surface area contributed by atoms with E-state index in [1.54, 1.807) is 30.5 Å². The summed E-state index contributed by atoms with van der Waals surface area (Å²) in [7, 11) is 3.36. The molecule has 0 aliphatic heterocycles. The van der Waals surface area contributed by atoms with Crippen LogP contribution in [0.15, 0.2) is 53.5 Å². The van der Waals surface area contributed by atoms with Crippen LogP contribution in [0.4, 0.5) is 0 Å². The lowest BCUT2D eigenvalue weighted by Crippen LogP contribution is -2.37. The zero-order valence-electron chi connectivity index (χ0n) is 20.5. The van der Waals surface area contributed by atoms with Crippen molar-refractivity contribution in [1.29, 1.82) is 0 Å². The second kappa shape index (κ2) is 10.8. The molecule has 1 aromatic carbocycles. The minimum atomic E-state index is -0.398. The molecule has 4 aromatic rings. The first-order valence-corrected chi connectivity index (χ1v) is 11.8. The summed E-state index contributed by atoms with van der Waals surface area (Å²) in [5.41, 5.74) is 2.78. The molecule has 36 heavy (non-hydrogen) atoms. The van der Waals surface area contributed by atoms with E-state index in [2.05, 4.69) is 25.6 Å². The molecule has 0 radical (unpaired) electrons. The third-order valence-electron chi connectivity index (χ3n) is 5.39.